The molecule has 3 N–H and O–H groups in total. The van der Waals surface area contributed by atoms with Crippen molar-refractivity contribution in [3.63, 3.8) is 0 Å². The van der Waals surface area contributed by atoms with Crippen molar-refractivity contribution in [2.45, 2.75) is 32.2 Å². The number of nitriles is 1. The number of rotatable bonds is 6. The van der Waals surface area contributed by atoms with Gasteiger partial charge in [-0.15, -0.1) is 0 Å². The van der Waals surface area contributed by atoms with Gasteiger partial charge in [0.05, 0.1) is 18.1 Å². The first-order valence-electron chi connectivity index (χ1n) is 9.36. The molecule has 0 bridgehead atoms. The van der Waals surface area contributed by atoms with E-state index in [0.717, 1.165) is 22.3 Å². The summed E-state index contributed by atoms with van der Waals surface area (Å²) in [7, 11) is 0. The number of carbonyl (C=O) groups excluding carboxylic acids is 3. The summed E-state index contributed by atoms with van der Waals surface area (Å²) in [5, 5.41) is 16.4. The van der Waals surface area contributed by atoms with Crippen molar-refractivity contribution >= 4 is 17.8 Å². The van der Waals surface area contributed by atoms with Gasteiger partial charge in [0.25, 0.3) is 5.91 Å². The predicted octanol–water partition coefficient (Wildman–Crippen LogP) is 2.35. The van der Waals surface area contributed by atoms with Gasteiger partial charge in [-0.2, -0.15) is 5.26 Å². The summed E-state index contributed by atoms with van der Waals surface area (Å²) < 4.78 is 0. The van der Waals surface area contributed by atoms with E-state index in [-0.39, 0.29) is 18.2 Å². The van der Waals surface area contributed by atoms with Crippen LogP contribution in [0.25, 0.3) is 11.1 Å². The van der Waals surface area contributed by atoms with E-state index in [9.17, 15) is 14.4 Å². The zero-order chi connectivity index (χ0) is 21.0. The monoisotopic (exact) mass is 390 g/mol. The third-order valence-electron chi connectivity index (χ3n) is 5.01. The molecule has 0 radical (unpaired) electrons. The summed E-state index contributed by atoms with van der Waals surface area (Å²) in [6.07, 6.45) is -0.0821. The molecular weight excluding hydrogens is 368 g/mol. The Labute approximate surface area is 169 Å². The highest BCUT2D eigenvalue weighted by Gasteiger charge is 2.31. The van der Waals surface area contributed by atoms with Crippen molar-refractivity contribution in [1.29, 1.82) is 5.26 Å². The SMILES string of the molecule is Cc1cc(-c2ccc(C(C)CNC(=O)CC3NC(=O)NC3=O)cc2)ccc1C#N. The van der Waals surface area contributed by atoms with Crippen LogP contribution < -0.4 is 16.0 Å². The quantitative estimate of drug-likeness (QED) is 0.658. The Bertz CT molecular complexity index is 992. The number of hydrogen-bond donors (Lipinski definition) is 3. The first-order chi connectivity index (χ1) is 13.9. The molecule has 2 aromatic carbocycles. The number of benzene rings is 2. The fourth-order valence-corrected chi connectivity index (χ4v) is 3.22. The Kier molecular flexibility index (Phi) is 5.93. The summed E-state index contributed by atoms with van der Waals surface area (Å²) in [5.74, 6) is -0.682. The normalized spacial score (nSPS) is 16.5. The zero-order valence-electron chi connectivity index (χ0n) is 16.3. The standard InChI is InChI=1S/C22H22N4O3/c1-13-9-17(7-8-18(13)11-23)16-5-3-15(4-6-16)14(2)12-24-20(27)10-19-21(28)26-22(29)25-19/h3-9,14,19H,10,12H2,1-2H3,(H,24,27)(H2,25,26,28,29). The maximum atomic E-state index is 12.0. The van der Waals surface area contributed by atoms with Gasteiger partial charge >= 0.3 is 6.03 Å². The van der Waals surface area contributed by atoms with Gasteiger partial charge in [0.15, 0.2) is 0 Å². The van der Waals surface area contributed by atoms with E-state index in [0.29, 0.717) is 12.1 Å². The fraction of sp³-hybridized carbons (Fsp3) is 0.273. The fourth-order valence-electron chi connectivity index (χ4n) is 3.22. The van der Waals surface area contributed by atoms with E-state index in [4.69, 9.17) is 5.26 Å². The molecular formula is C22H22N4O3. The topological polar surface area (TPSA) is 111 Å². The average Bonchev–Trinajstić information content (AvgIpc) is 3.02. The number of carbonyl (C=O) groups is 3. The van der Waals surface area contributed by atoms with Crippen molar-refractivity contribution in [3.8, 4) is 17.2 Å². The summed E-state index contributed by atoms with van der Waals surface area (Å²) in [6.45, 7) is 4.35. The third kappa shape index (κ3) is 4.79. The number of nitrogens with zero attached hydrogens (tertiary/aromatic N) is 1. The molecule has 2 unspecified atom stereocenters. The molecule has 0 spiro atoms. The van der Waals surface area contributed by atoms with Gasteiger partial charge in [-0.1, -0.05) is 43.3 Å². The van der Waals surface area contributed by atoms with Crippen molar-refractivity contribution in [1.82, 2.24) is 16.0 Å². The van der Waals surface area contributed by atoms with Gasteiger partial charge in [0.2, 0.25) is 5.91 Å². The number of hydrogen-bond acceptors (Lipinski definition) is 4. The highest BCUT2D eigenvalue weighted by molar-refractivity contribution is 6.05. The van der Waals surface area contributed by atoms with E-state index in [1.165, 1.54) is 0 Å². The lowest BCUT2D eigenvalue weighted by molar-refractivity contribution is -0.126. The van der Waals surface area contributed by atoms with Crippen LogP contribution in [0, 0.1) is 18.3 Å². The van der Waals surface area contributed by atoms with Crippen LogP contribution in [0.1, 0.15) is 36.0 Å². The van der Waals surface area contributed by atoms with Crippen LogP contribution in [0.4, 0.5) is 4.79 Å². The minimum Gasteiger partial charge on any atom is -0.355 e. The number of aryl methyl sites for hydroxylation is 1. The Hall–Kier alpha value is -3.66. The lowest BCUT2D eigenvalue weighted by Crippen LogP contribution is -2.37. The molecule has 2 atom stereocenters. The van der Waals surface area contributed by atoms with Crippen LogP contribution in [0.15, 0.2) is 42.5 Å². The molecule has 1 aliphatic heterocycles. The van der Waals surface area contributed by atoms with Gasteiger partial charge in [-0.05, 0) is 41.2 Å². The molecule has 29 heavy (non-hydrogen) atoms. The molecule has 1 aliphatic rings. The second-order valence-corrected chi connectivity index (χ2v) is 7.19. The number of nitrogens with one attached hydrogen (secondary N) is 3. The molecule has 148 valence electrons. The minimum absolute atomic E-state index is 0.0821. The van der Waals surface area contributed by atoms with Crippen LogP contribution in [0.2, 0.25) is 0 Å². The Morgan fingerprint density at radius 2 is 1.86 bits per heavy atom. The summed E-state index contributed by atoms with van der Waals surface area (Å²) in [5.41, 5.74) is 4.79. The molecule has 7 heteroatoms. The van der Waals surface area contributed by atoms with Crippen LogP contribution in [0.3, 0.4) is 0 Å². The summed E-state index contributed by atoms with van der Waals surface area (Å²) in [4.78, 5) is 34.6. The van der Waals surface area contributed by atoms with Crippen LogP contribution in [-0.4, -0.2) is 30.4 Å². The van der Waals surface area contributed by atoms with E-state index in [1.807, 2.05) is 56.3 Å². The maximum Gasteiger partial charge on any atom is 0.322 e. The predicted molar refractivity (Wildman–Crippen MR) is 108 cm³/mol. The Balaban J connectivity index is 1.56. The lowest BCUT2D eigenvalue weighted by Gasteiger charge is -2.15. The molecule has 0 aromatic heterocycles. The van der Waals surface area contributed by atoms with Gasteiger partial charge in [0, 0.05) is 6.54 Å². The molecule has 1 saturated heterocycles. The number of imide groups is 1. The van der Waals surface area contributed by atoms with Gasteiger partial charge in [-0.25, -0.2) is 4.79 Å². The van der Waals surface area contributed by atoms with Gasteiger partial charge in [-0.3, -0.25) is 14.9 Å². The molecule has 1 fully saturated rings. The summed E-state index contributed by atoms with van der Waals surface area (Å²) in [6, 6.07) is 14.6. The van der Waals surface area contributed by atoms with E-state index < -0.39 is 18.0 Å². The van der Waals surface area contributed by atoms with Crippen LogP contribution in [-0.2, 0) is 9.59 Å². The van der Waals surface area contributed by atoms with E-state index in [2.05, 4.69) is 22.0 Å². The minimum atomic E-state index is -0.812. The second-order valence-electron chi connectivity index (χ2n) is 7.19. The molecule has 2 aromatic rings. The molecule has 0 saturated carbocycles. The van der Waals surface area contributed by atoms with E-state index in [1.54, 1.807) is 0 Å². The first-order valence-corrected chi connectivity index (χ1v) is 9.36. The maximum absolute atomic E-state index is 12.0. The molecule has 7 nitrogen and oxygen atoms in total. The van der Waals surface area contributed by atoms with Crippen LogP contribution >= 0.6 is 0 Å². The highest BCUT2D eigenvalue weighted by atomic mass is 16.2. The molecule has 1 heterocycles. The zero-order valence-corrected chi connectivity index (χ0v) is 16.3. The molecule has 0 aliphatic carbocycles. The smallest absolute Gasteiger partial charge is 0.322 e. The Morgan fingerprint density at radius 3 is 2.45 bits per heavy atom. The van der Waals surface area contributed by atoms with Crippen molar-refractivity contribution in [2.75, 3.05) is 6.54 Å². The average molecular weight is 390 g/mol. The lowest BCUT2D eigenvalue weighted by atomic mass is 9.96. The van der Waals surface area contributed by atoms with E-state index >= 15 is 0 Å². The molecule has 3 rings (SSSR count). The van der Waals surface area contributed by atoms with Gasteiger partial charge < -0.3 is 10.6 Å². The number of urea groups is 1. The van der Waals surface area contributed by atoms with Crippen molar-refractivity contribution in [3.05, 3.63) is 59.2 Å². The second kappa shape index (κ2) is 8.57. The largest absolute Gasteiger partial charge is 0.355 e. The highest BCUT2D eigenvalue weighted by Crippen LogP contribution is 2.24. The molecule has 4 amide bonds. The van der Waals surface area contributed by atoms with Crippen LogP contribution in [0.5, 0.6) is 0 Å². The Morgan fingerprint density at radius 1 is 1.17 bits per heavy atom. The first kappa shape index (κ1) is 20.1. The van der Waals surface area contributed by atoms with Crippen molar-refractivity contribution < 1.29 is 14.4 Å². The third-order valence-corrected chi connectivity index (χ3v) is 5.01. The van der Waals surface area contributed by atoms with Crippen molar-refractivity contribution in [2.24, 2.45) is 0 Å². The number of amides is 4. The van der Waals surface area contributed by atoms with Gasteiger partial charge in [0.1, 0.15) is 6.04 Å². The summed E-state index contributed by atoms with van der Waals surface area (Å²) >= 11 is 0.